The first-order valence-corrected chi connectivity index (χ1v) is 13.4. The van der Waals surface area contributed by atoms with E-state index in [0.29, 0.717) is 44.9 Å². The largest absolute Gasteiger partial charge is 0.374 e. The molecular weight excluding hydrogens is 464 g/mol. The summed E-state index contributed by atoms with van der Waals surface area (Å²) in [5, 5.41) is 0. The minimum Gasteiger partial charge on any atom is -0.374 e. The number of rotatable bonds is 11. The second kappa shape index (κ2) is 12.8. The second-order valence-corrected chi connectivity index (χ2v) is 10.4. The lowest BCUT2D eigenvalue weighted by atomic mass is 9.85. The van der Waals surface area contributed by atoms with Gasteiger partial charge in [0.1, 0.15) is 24.4 Å². The van der Waals surface area contributed by atoms with E-state index in [0.717, 1.165) is 16.7 Å². The number of ether oxygens (including phenoxy) is 5. The Hall–Kier alpha value is -2.54. The van der Waals surface area contributed by atoms with Gasteiger partial charge in [0.15, 0.2) is 0 Å². The third-order valence-corrected chi connectivity index (χ3v) is 7.39. The summed E-state index contributed by atoms with van der Waals surface area (Å²) in [7, 11) is 0. The van der Waals surface area contributed by atoms with Crippen molar-refractivity contribution in [1.29, 1.82) is 0 Å². The van der Waals surface area contributed by atoms with Crippen molar-refractivity contribution < 1.29 is 23.7 Å². The van der Waals surface area contributed by atoms with E-state index in [-0.39, 0.29) is 30.5 Å². The molecule has 0 aromatic heterocycles. The zero-order valence-corrected chi connectivity index (χ0v) is 21.8. The summed E-state index contributed by atoms with van der Waals surface area (Å²) >= 11 is 0. The van der Waals surface area contributed by atoms with E-state index in [4.69, 9.17) is 23.7 Å². The van der Waals surface area contributed by atoms with E-state index in [1.165, 1.54) is 0 Å². The zero-order valence-electron chi connectivity index (χ0n) is 21.8. The Kier molecular flexibility index (Phi) is 9.03. The van der Waals surface area contributed by atoms with Crippen LogP contribution in [0.2, 0.25) is 0 Å². The highest BCUT2D eigenvalue weighted by atomic mass is 16.6. The molecule has 5 nitrogen and oxygen atoms in total. The fraction of sp³-hybridized carbons (Fsp3) is 0.438. The fourth-order valence-corrected chi connectivity index (χ4v) is 5.29. The summed E-state index contributed by atoms with van der Waals surface area (Å²) in [6.45, 7) is 7.05. The molecule has 3 aromatic rings. The molecule has 2 saturated heterocycles. The van der Waals surface area contributed by atoms with Crippen molar-refractivity contribution in [1.82, 2.24) is 0 Å². The van der Waals surface area contributed by atoms with Gasteiger partial charge in [-0.05, 0) is 22.6 Å². The molecule has 2 aliphatic rings. The van der Waals surface area contributed by atoms with Gasteiger partial charge in [0.25, 0.3) is 0 Å². The summed E-state index contributed by atoms with van der Waals surface area (Å²) in [5.41, 5.74) is 3.38. The zero-order chi connectivity index (χ0) is 25.5. The molecule has 5 heteroatoms. The Morgan fingerprint density at radius 1 is 0.676 bits per heavy atom. The minimum absolute atomic E-state index is 0.0531. The van der Waals surface area contributed by atoms with Crippen LogP contribution in [-0.2, 0) is 43.5 Å². The van der Waals surface area contributed by atoms with Crippen molar-refractivity contribution in [3.05, 3.63) is 108 Å². The van der Waals surface area contributed by atoms with Gasteiger partial charge in [0.2, 0.25) is 0 Å². The van der Waals surface area contributed by atoms with Crippen LogP contribution < -0.4 is 0 Å². The van der Waals surface area contributed by atoms with Gasteiger partial charge in [-0.25, -0.2) is 0 Å². The van der Waals surface area contributed by atoms with Crippen LogP contribution in [0.5, 0.6) is 0 Å². The van der Waals surface area contributed by atoms with Crippen LogP contribution in [0, 0.1) is 11.8 Å². The quantitative estimate of drug-likeness (QED) is 0.331. The highest BCUT2D eigenvalue weighted by Crippen LogP contribution is 2.39. The number of fused-ring (bicyclic) bond motifs is 1. The molecule has 3 aromatic carbocycles. The molecule has 0 radical (unpaired) electrons. The normalized spacial score (nSPS) is 27.3. The Balaban J connectivity index is 1.36. The summed E-state index contributed by atoms with van der Waals surface area (Å²) < 4.78 is 32.5. The molecule has 37 heavy (non-hydrogen) atoms. The molecule has 0 N–H and O–H groups in total. The van der Waals surface area contributed by atoms with Gasteiger partial charge in [-0.2, -0.15) is 0 Å². The van der Waals surface area contributed by atoms with Gasteiger partial charge >= 0.3 is 0 Å². The average Bonchev–Trinajstić information content (AvgIpc) is 3.37. The highest BCUT2D eigenvalue weighted by Gasteiger charge is 2.54. The summed E-state index contributed by atoms with van der Waals surface area (Å²) in [4.78, 5) is 0. The maximum absolute atomic E-state index is 6.75. The van der Waals surface area contributed by atoms with Gasteiger partial charge < -0.3 is 23.7 Å². The predicted molar refractivity (Wildman–Crippen MR) is 143 cm³/mol. The molecule has 0 amide bonds. The molecule has 196 valence electrons. The van der Waals surface area contributed by atoms with Crippen molar-refractivity contribution in [3.63, 3.8) is 0 Å². The number of hydrogen-bond donors (Lipinski definition) is 0. The van der Waals surface area contributed by atoms with E-state index in [1.54, 1.807) is 0 Å². The Morgan fingerprint density at radius 2 is 1.19 bits per heavy atom. The van der Waals surface area contributed by atoms with Crippen LogP contribution in [0.25, 0.3) is 0 Å². The average molecular weight is 503 g/mol. The molecule has 0 bridgehead atoms. The Bertz CT molecular complexity index is 1060. The molecular formula is C32H38O5. The monoisotopic (exact) mass is 502 g/mol. The predicted octanol–water partition coefficient (Wildman–Crippen LogP) is 5.81. The Labute approximate surface area is 220 Å². The molecule has 5 rings (SSSR count). The number of hydrogen-bond acceptors (Lipinski definition) is 5. The maximum atomic E-state index is 6.75. The van der Waals surface area contributed by atoms with Crippen LogP contribution in [-0.4, -0.2) is 43.7 Å². The van der Waals surface area contributed by atoms with E-state index < -0.39 is 0 Å². The minimum atomic E-state index is -0.327. The van der Waals surface area contributed by atoms with Gasteiger partial charge in [-0.1, -0.05) is 105 Å². The molecule has 0 aliphatic carbocycles. The molecule has 2 heterocycles. The van der Waals surface area contributed by atoms with E-state index in [2.05, 4.69) is 50.2 Å². The first-order chi connectivity index (χ1) is 18.2. The van der Waals surface area contributed by atoms with E-state index >= 15 is 0 Å². The lowest BCUT2D eigenvalue weighted by Gasteiger charge is -2.45. The van der Waals surface area contributed by atoms with Crippen LogP contribution in [0.3, 0.4) is 0 Å². The van der Waals surface area contributed by atoms with Crippen molar-refractivity contribution in [2.75, 3.05) is 13.2 Å². The van der Waals surface area contributed by atoms with E-state index in [9.17, 15) is 0 Å². The lowest BCUT2D eigenvalue weighted by Crippen LogP contribution is -2.60. The lowest BCUT2D eigenvalue weighted by molar-refractivity contribution is -0.254. The Morgan fingerprint density at radius 3 is 1.73 bits per heavy atom. The molecule has 6 atom stereocenters. The van der Waals surface area contributed by atoms with Crippen molar-refractivity contribution >= 4 is 0 Å². The second-order valence-electron chi connectivity index (χ2n) is 10.4. The SMILES string of the molecule is CC(C)[C@H]1CO[C@@H]2[C@@H](OCc3ccccc3)[C@H](OCc3ccccc3)[C@@H](COCc3ccccc3)O[C@@H]21. The standard InChI is InChI=1S/C32H38O5/c1-23(2)27-21-36-31-29(27)37-28(22-33-18-24-12-6-3-7-13-24)30(34-19-25-14-8-4-9-15-25)32(31)35-20-26-16-10-5-11-17-26/h3-17,23,27-32H,18-22H2,1-2H3/t27-,28-,29-,30-,31+,32+/m1/s1. The molecule has 0 saturated carbocycles. The molecule has 2 aliphatic heterocycles. The summed E-state index contributed by atoms with van der Waals surface area (Å²) in [5.74, 6) is 0.747. The van der Waals surface area contributed by atoms with Crippen molar-refractivity contribution in [3.8, 4) is 0 Å². The van der Waals surface area contributed by atoms with Crippen LogP contribution in [0.1, 0.15) is 30.5 Å². The topological polar surface area (TPSA) is 46.2 Å². The van der Waals surface area contributed by atoms with Crippen LogP contribution >= 0.6 is 0 Å². The molecule has 0 unspecified atom stereocenters. The maximum Gasteiger partial charge on any atom is 0.115 e. The van der Waals surface area contributed by atoms with Gasteiger partial charge in [-0.3, -0.25) is 0 Å². The van der Waals surface area contributed by atoms with Crippen LogP contribution in [0.15, 0.2) is 91.0 Å². The van der Waals surface area contributed by atoms with Crippen LogP contribution in [0.4, 0.5) is 0 Å². The van der Waals surface area contributed by atoms with E-state index in [1.807, 2.05) is 54.6 Å². The summed E-state index contributed by atoms with van der Waals surface area (Å²) in [6, 6.07) is 30.7. The van der Waals surface area contributed by atoms with Crippen molar-refractivity contribution in [2.45, 2.75) is 64.2 Å². The molecule has 2 fully saturated rings. The molecule has 0 spiro atoms. The fourth-order valence-electron chi connectivity index (χ4n) is 5.29. The van der Waals surface area contributed by atoms with Gasteiger partial charge in [-0.15, -0.1) is 0 Å². The highest BCUT2D eigenvalue weighted by molar-refractivity contribution is 5.15. The first kappa shape index (κ1) is 26.1. The third-order valence-electron chi connectivity index (χ3n) is 7.39. The summed E-state index contributed by atoms with van der Waals surface area (Å²) in [6.07, 6.45) is -1.09. The van der Waals surface area contributed by atoms with Gasteiger partial charge in [0.05, 0.1) is 39.1 Å². The number of benzene rings is 3. The smallest absolute Gasteiger partial charge is 0.115 e. The van der Waals surface area contributed by atoms with Gasteiger partial charge in [0, 0.05) is 5.92 Å². The third kappa shape index (κ3) is 6.67. The van der Waals surface area contributed by atoms with Crippen molar-refractivity contribution in [2.24, 2.45) is 11.8 Å². The first-order valence-electron chi connectivity index (χ1n) is 13.4.